The van der Waals surface area contributed by atoms with E-state index >= 15 is 0 Å². The minimum absolute atomic E-state index is 1.14. The molecular weight excluding hydrogens is 230 g/mol. The van der Waals surface area contributed by atoms with Crippen LogP contribution in [-0.4, -0.2) is 42.6 Å². The van der Waals surface area contributed by atoms with E-state index in [9.17, 15) is 0 Å². The minimum Gasteiger partial charge on any atom is -0.314 e. The first kappa shape index (κ1) is 13.0. The molecule has 0 atom stereocenters. The molecule has 0 radical (unpaired) electrons. The fraction of sp³-hybridized carbons (Fsp3) is 0.769. The molecule has 0 aliphatic carbocycles. The van der Waals surface area contributed by atoms with Crippen molar-refractivity contribution < 1.29 is 0 Å². The highest BCUT2D eigenvalue weighted by Gasteiger charge is 2.09. The summed E-state index contributed by atoms with van der Waals surface area (Å²) in [6, 6.07) is 0. The van der Waals surface area contributed by atoms with Gasteiger partial charge in [-0.15, -0.1) is 11.3 Å². The Morgan fingerprint density at radius 3 is 2.94 bits per heavy atom. The predicted octanol–water partition coefficient (Wildman–Crippen LogP) is 1.93. The Hall–Kier alpha value is -0.450. The molecule has 1 aliphatic heterocycles. The zero-order valence-corrected chi connectivity index (χ0v) is 11.6. The van der Waals surface area contributed by atoms with Crippen LogP contribution in [0, 0.1) is 0 Å². The zero-order chi connectivity index (χ0) is 11.9. The molecular formula is C13H23N3S. The molecule has 2 heterocycles. The van der Waals surface area contributed by atoms with E-state index in [0.717, 1.165) is 25.9 Å². The van der Waals surface area contributed by atoms with E-state index in [1.165, 1.54) is 43.2 Å². The van der Waals surface area contributed by atoms with Gasteiger partial charge in [0, 0.05) is 31.6 Å². The Labute approximate surface area is 108 Å². The standard InChI is InChI=1S/C13H23N3S/c1-2-4-13-15-12(11-17-13)5-3-8-16-9-6-14-7-10-16/h11,14H,2-10H2,1H3. The second-order valence-electron chi connectivity index (χ2n) is 4.68. The van der Waals surface area contributed by atoms with E-state index in [-0.39, 0.29) is 0 Å². The second kappa shape index (κ2) is 7.09. The molecule has 1 aromatic heterocycles. The summed E-state index contributed by atoms with van der Waals surface area (Å²) in [6.07, 6.45) is 4.73. The highest BCUT2D eigenvalue weighted by atomic mass is 32.1. The average molecular weight is 253 g/mol. The van der Waals surface area contributed by atoms with Crippen LogP contribution < -0.4 is 5.32 Å². The van der Waals surface area contributed by atoms with Crippen LogP contribution in [0.5, 0.6) is 0 Å². The van der Waals surface area contributed by atoms with Gasteiger partial charge in [-0.25, -0.2) is 4.98 Å². The summed E-state index contributed by atoms with van der Waals surface area (Å²) in [5.41, 5.74) is 1.30. The first-order valence-electron chi connectivity index (χ1n) is 6.75. The molecule has 0 saturated carbocycles. The molecule has 2 rings (SSSR count). The third-order valence-corrected chi connectivity index (χ3v) is 4.14. The quantitative estimate of drug-likeness (QED) is 0.840. The summed E-state index contributed by atoms with van der Waals surface area (Å²) in [7, 11) is 0. The lowest BCUT2D eigenvalue weighted by atomic mass is 10.2. The number of aromatic nitrogens is 1. The number of nitrogens with one attached hydrogen (secondary N) is 1. The van der Waals surface area contributed by atoms with Gasteiger partial charge in [0.15, 0.2) is 0 Å². The molecule has 0 aromatic carbocycles. The molecule has 3 nitrogen and oxygen atoms in total. The summed E-state index contributed by atoms with van der Waals surface area (Å²) in [4.78, 5) is 7.22. The van der Waals surface area contributed by atoms with Gasteiger partial charge in [0.25, 0.3) is 0 Å². The Balaban J connectivity index is 1.66. The van der Waals surface area contributed by atoms with E-state index in [0.29, 0.717) is 0 Å². The van der Waals surface area contributed by atoms with Gasteiger partial charge in [-0.1, -0.05) is 6.92 Å². The van der Waals surface area contributed by atoms with Crippen LogP contribution in [0.3, 0.4) is 0 Å². The molecule has 0 unspecified atom stereocenters. The summed E-state index contributed by atoms with van der Waals surface area (Å²) < 4.78 is 0. The molecule has 0 spiro atoms. The third-order valence-electron chi connectivity index (χ3n) is 3.18. The maximum absolute atomic E-state index is 4.67. The van der Waals surface area contributed by atoms with Gasteiger partial charge < -0.3 is 10.2 Å². The number of thiazole rings is 1. The zero-order valence-electron chi connectivity index (χ0n) is 10.7. The Morgan fingerprint density at radius 1 is 1.35 bits per heavy atom. The van der Waals surface area contributed by atoms with E-state index in [1.54, 1.807) is 0 Å². The summed E-state index contributed by atoms with van der Waals surface area (Å²) in [5, 5.41) is 6.94. The topological polar surface area (TPSA) is 28.2 Å². The highest BCUT2D eigenvalue weighted by molar-refractivity contribution is 7.09. The Bertz CT molecular complexity index is 318. The van der Waals surface area contributed by atoms with Crippen LogP contribution in [0.1, 0.15) is 30.5 Å². The smallest absolute Gasteiger partial charge is 0.0928 e. The molecule has 1 aliphatic rings. The van der Waals surface area contributed by atoms with Gasteiger partial charge in [-0.2, -0.15) is 0 Å². The minimum atomic E-state index is 1.14. The number of piperazine rings is 1. The average Bonchev–Trinajstić information content (AvgIpc) is 2.79. The fourth-order valence-corrected chi connectivity index (χ4v) is 3.15. The van der Waals surface area contributed by atoms with Crippen molar-refractivity contribution in [3.8, 4) is 0 Å². The maximum atomic E-state index is 4.67. The molecule has 0 amide bonds. The summed E-state index contributed by atoms with van der Waals surface area (Å²) >= 11 is 1.83. The van der Waals surface area contributed by atoms with Gasteiger partial charge in [0.1, 0.15) is 0 Å². The molecule has 96 valence electrons. The van der Waals surface area contributed by atoms with Crippen LogP contribution >= 0.6 is 11.3 Å². The lowest BCUT2D eigenvalue weighted by Gasteiger charge is -2.26. The van der Waals surface area contributed by atoms with Crippen LogP contribution in [0.2, 0.25) is 0 Å². The fourth-order valence-electron chi connectivity index (χ4n) is 2.21. The van der Waals surface area contributed by atoms with Gasteiger partial charge in [-0.05, 0) is 32.2 Å². The number of aryl methyl sites for hydroxylation is 2. The number of rotatable bonds is 6. The van der Waals surface area contributed by atoms with Gasteiger partial charge in [0.2, 0.25) is 0 Å². The molecule has 4 heteroatoms. The monoisotopic (exact) mass is 253 g/mol. The van der Waals surface area contributed by atoms with Gasteiger partial charge in [-0.3, -0.25) is 0 Å². The number of hydrogen-bond donors (Lipinski definition) is 1. The van der Waals surface area contributed by atoms with Crippen molar-refractivity contribution in [1.29, 1.82) is 0 Å². The molecule has 1 saturated heterocycles. The van der Waals surface area contributed by atoms with E-state index in [4.69, 9.17) is 0 Å². The van der Waals surface area contributed by atoms with E-state index in [2.05, 4.69) is 27.5 Å². The highest BCUT2D eigenvalue weighted by Crippen LogP contribution is 2.13. The first-order chi connectivity index (χ1) is 8.38. The molecule has 1 N–H and O–H groups in total. The van der Waals surface area contributed by atoms with Crippen molar-refractivity contribution in [2.24, 2.45) is 0 Å². The number of nitrogens with zero attached hydrogens (tertiary/aromatic N) is 2. The normalized spacial score (nSPS) is 17.5. The van der Waals surface area contributed by atoms with E-state index in [1.807, 2.05) is 11.3 Å². The Kier molecular flexibility index (Phi) is 5.42. The SMILES string of the molecule is CCCc1nc(CCCN2CCNCC2)cs1. The molecule has 17 heavy (non-hydrogen) atoms. The molecule has 1 fully saturated rings. The maximum Gasteiger partial charge on any atom is 0.0928 e. The second-order valence-corrected chi connectivity index (χ2v) is 5.62. The lowest BCUT2D eigenvalue weighted by Crippen LogP contribution is -2.43. The lowest BCUT2D eigenvalue weighted by molar-refractivity contribution is 0.238. The van der Waals surface area contributed by atoms with Crippen LogP contribution in [0.4, 0.5) is 0 Å². The van der Waals surface area contributed by atoms with Crippen LogP contribution in [-0.2, 0) is 12.8 Å². The van der Waals surface area contributed by atoms with Crippen molar-refractivity contribution in [1.82, 2.24) is 15.2 Å². The largest absolute Gasteiger partial charge is 0.314 e. The molecule has 0 bridgehead atoms. The summed E-state index contributed by atoms with van der Waals surface area (Å²) in [6.45, 7) is 8.15. The van der Waals surface area contributed by atoms with Crippen molar-refractivity contribution in [3.63, 3.8) is 0 Å². The summed E-state index contributed by atoms with van der Waals surface area (Å²) in [5.74, 6) is 0. The molecule has 1 aromatic rings. The third kappa shape index (κ3) is 4.37. The Morgan fingerprint density at radius 2 is 2.18 bits per heavy atom. The van der Waals surface area contributed by atoms with Crippen LogP contribution in [0.15, 0.2) is 5.38 Å². The first-order valence-corrected chi connectivity index (χ1v) is 7.63. The van der Waals surface area contributed by atoms with Gasteiger partial charge in [0.05, 0.1) is 10.7 Å². The van der Waals surface area contributed by atoms with E-state index < -0.39 is 0 Å². The predicted molar refractivity (Wildman–Crippen MR) is 73.7 cm³/mol. The van der Waals surface area contributed by atoms with Crippen molar-refractivity contribution >= 4 is 11.3 Å². The van der Waals surface area contributed by atoms with Crippen molar-refractivity contribution in [2.45, 2.75) is 32.6 Å². The van der Waals surface area contributed by atoms with Crippen molar-refractivity contribution in [3.05, 3.63) is 16.1 Å². The number of hydrogen-bond acceptors (Lipinski definition) is 4. The van der Waals surface area contributed by atoms with Gasteiger partial charge >= 0.3 is 0 Å². The van der Waals surface area contributed by atoms with Crippen LogP contribution in [0.25, 0.3) is 0 Å². The van der Waals surface area contributed by atoms with Crippen molar-refractivity contribution in [2.75, 3.05) is 32.7 Å².